The number of ether oxygens (including phenoxy) is 2. The zero-order chi connectivity index (χ0) is 15.9. The SMILES string of the molecule is CCCO[C@](C)(CC(C)C)C(=O)Nc1ccc(OC)nc1. The second-order valence-electron chi connectivity index (χ2n) is 5.72. The topological polar surface area (TPSA) is 60.5 Å². The van der Waals surface area contributed by atoms with Crippen LogP contribution >= 0.6 is 0 Å². The molecule has 1 N–H and O–H groups in total. The minimum Gasteiger partial charge on any atom is -0.481 e. The standard InChI is InChI=1S/C16H26N2O3/c1-6-9-21-16(4,10-12(2)3)15(19)18-13-7-8-14(20-5)17-11-13/h7-8,11-12H,6,9-10H2,1-5H3,(H,18,19)/t16-/m1/s1. The van der Waals surface area contributed by atoms with E-state index in [1.165, 1.54) is 0 Å². The molecule has 5 heteroatoms. The van der Waals surface area contributed by atoms with Crippen LogP contribution in [-0.4, -0.2) is 30.2 Å². The molecule has 0 fully saturated rings. The van der Waals surface area contributed by atoms with E-state index in [4.69, 9.17) is 9.47 Å². The van der Waals surface area contributed by atoms with Crippen molar-refractivity contribution in [2.45, 2.75) is 46.1 Å². The Hall–Kier alpha value is -1.62. The first-order chi connectivity index (χ1) is 9.91. The number of nitrogens with one attached hydrogen (secondary N) is 1. The molecule has 1 aromatic heterocycles. The molecule has 1 amide bonds. The summed E-state index contributed by atoms with van der Waals surface area (Å²) in [6.45, 7) is 8.60. The van der Waals surface area contributed by atoms with Gasteiger partial charge in [0.25, 0.3) is 5.91 Å². The number of nitrogens with zero attached hydrogens (tertiary/aromatic N) is 1. The zero-order valence-corrected chi connectivity index (χ0v) is 13.6. The average molecular weight is 294 g/mol. The lowest BCUT2D eigenvalue weighted by atomic mass is 9.93. The highest BCUT2D eigenvalue weighted by molar-refractivity contribution is 5.96. The molecule has 0 saturated heterocycles. The fourth-order valence-electron chi connectivity index (χ4n) is 2.16. The maximum absolute atomic E-state index is 12.5. The Balaban J connectivity index is 2.78. The highest BCUT2D eigenvalue weighted by Crippen LogP contribution is 2.24. The van der Waals surface area contributed by atoms with Crippen molar-refractivity contribution < 1.29 is 14.3 Å². The Bertz CT molecular complexity index is 445. The lowest BCUT2D eigenvalue weighted by Crippen LogP contribution is -2.44. The molecule has 1 atom stereocenters. The van der Waals surface area contributed by atoms with Crippen LogP contribution in [0.4, 0.5) is 5.69 Å². The number of aromatic nitrogens is 1. The molecule has 1 rings (SSSR count). The number of hydrogen-bond donors (Lipinski definition) is 1. The van der Waals surface area contributed by atoms with E-state index in [1.807, 2.05) is 13.8 Å². The van der Waals surface area contributed by atoms with E-state index in [0.717, 1.165) is 6.42 Å². The van der Waals surface area contributed by atoms with Crippen LogP contribution < -0.4 is 10.1 Å². The maximum Gasteiger partial charge on any atom is 0.256 e. The minimum atomic E-state index is -0.829. The normalized spacial score (nSPS) is 13.8. The van der Waals surface area contributed by atoms with Crippen LogP contribution in [0.2, 0.25) is 0 Å². The largest absolute Gasteiger partial charge is 0.481 e. The average Bonchev–Trinajstić information content (AvgIpc) is 2.45. The predicted molar refractivity (Wildman–Crippen MR) is 83.5 cm³/mol. The lowest BCUT2D eigenvalue weighted by Gasteiger charge is -2.30. The minimum absolute atomic E-state index is 0.142. The van der Waals surface area contributed by atoms with Crippen LogP contribution in [0, 0.1) is 5.92 Å². The number of amides is 1. The third-order valence-corrected chi connectivity index (χ3v) is 3.11. The molecule has 21 heavy (non-hydrogen) atoms. The van der Waals surface area contributed by atoms with Gasteiger partial charge in [0, 0.05) is 12.7 Å². The third-order valence-electron chi connectivity index (χ3n) is 3.11. The van der Waals surface area contributed by atoms with Crippen molar-refractivity contribution in [2.75, 3.05) is 19.0 Å². The van der Waals surface area contributed by atoms with Crippen LogP contribution in [0.25, 0.3) is 0 Å². The molecule has 0 bridgehead atoms. The molecule has 0 radical (unpaired) electrons. The van der Waals surface area contributed by atoms with Gasteiger partial charge in [0.2, 0.25) is 5.88 Å². The first-order valence-corrected chi connectivity index (χ1v) is 7.36. The molecule has 0 unspecified atom stereocenters. The van der Waals surface area contributed by atoms with E-state index in [9.17, 15) is 4.79 Å². The number of pyridine rings is 1. The second kappa shape index (κ2) is 7.98. The number of hydrogen-bond acceptors (Lipinski definition) is 4. The van der Waals surface area contributed by atoms with Gasteiger partial charge in [-0.3, -0.25) is 4.79 Å². The van der Waals surface area contributed by atoms with Crippen LogP contribution in [0.5, 0.6) is 5.88 Å². The molecule has 0 aliphatic rings. The summed E-state index contributed by atoms with van der Waals surface area (Å²) in [7, 11) is 1.55. The van der Waals surface area contributed by atoms with Crippen molar-refractivity contribution in [1.29, 1.82) is 0 Å². The summed E-state index contributed by atoms with van der Waals surface area (Å²) in [6, 6.07) is 3.47. The van der Waals surface area contributed by atoms with Crippen LogP contribution in [-0.2, 0) is 9.53 Å². The summed E-state index contributed by atoms with van der Waals surface area (Å²) in [5.74, 6) is 0.739. The van der Waals surface area contributed by atoms with Crippen LogP contribution in [0.3, 0.4) is 0 Å². The van der Waals surface area contributed by atoms with Crippen molar-refractivity contribution in [3.63, 3.8) is 0 Å². The summed E-state index contributed by atoms with van der Waals surface area (Å²) < 4.78 is 10.8. The molecule has 1 heterocycles. The Labute approximate surface area is 127 Å². The molecular weight excluding hydrogens is 268 g/mol. The molecule has 0 aliphatic heterocycles. The van der Waals surface area contributed by atoms with Crippen molar-refractivity contribution in [1.82, 2.24) is 4.98 Å². The van der Waals surface area contributed by atoms with Gasteiger partial charge < -0.3 is 14.8 Å². The van der Waals surface area contributed by atoms with Crippen molar-refractivity contribution in [3.05, 3.63) is 18.3 Å². The molecule has 5 nitrogen and oxygen atoms in total. The predicted octanol–water partition coefficient (Wildman–Crippen LogP) is 3.26. The summed E-state index contributed by atoms with van der Waals surface area (Å²) in [6.07, 6.45) is 3.12. The van der Waals surface area contributed by atoms with E-state index in [-0.39, 0.29) is 5.91 Å². The summed E-state index contributed by atoms with van der Waals surface area (Å²) in [5, 5.41) is 2.87. The van der Waals surface area contributed by atoms with Gasteiger partial charge in [0.05, 0.1) is 19.0 Å². The second-order valence-corrected chi connectivity index (χ2v) is 5.72. The van der Waals surface area contributed by atoms with Gasteiger partial charge in [-0.15, -0.1) is 0 Å². The Morgan fingerprint density at radius 1 is 1.43 bits per heavy atom. The van der Waals surface area contributed by atoms with Gasteiger partial charge in [0.1, 0.15) is 5.60 Å². The first kappa shape index (κ1) is 17.4. The van der Waals surface area contributed by atoms with Gasteiger partial charge in [-0.2, -0.15) is 0 Å². The fourth-order valence-corrected chi connectivity index (χ4v) is 2.16. The van der Waals surface area contributed by atoms with Gasteiger partial charge in [0.15, 0.2) is 0 Å². The molecule has 0 saturated carbocycles. The number of rotatable bonds is 8. The van der Waals surface area contributed by atoms with Crippen molar-refractivity contribution in [2.24, 2.45) is 5.92 Å². The molecule has 0 aliphatic carbocycles. The van der Waals surface area contributed by atoms with E-state index in [2.05, 4.69) is 24.1 Å². The first-order valence-electron chi connectivity index (χ1n) is 7.36. The molecule has 0 spiro atoms. The Morgan fingerprint density at radius 2 is 2.14 bits per heavy atom. The fraction of sp³-hybridized carbons (Fsp3) is 0.625. The zero-order valence-electron chi connectivity index (χ0n) is 13.6. The van der Waals surface area contributed by atoms with Gasteiger partial charge in [-0.05, 0) is 31.7 Å². The Morgan fingerprint density at radius 3 is 2.62 bits per heavy atom. The van der Waals surface area contributed by atoms with E-state index >= 15 is 0 Å². The van der Waals surface area contributed by atoms with Crippen molar-refractivity contribution >= 4 is 11.6 Å². The van der Waals surface area contributed by atoms with Crippen LogP contribution in [0.1, 0.15) is 40.5 Å². The Kier molecular flexibility index (Phi) is 6.62. The van der Waals surface area contributed by atoms with Gasteiger partial charge in [-0.1, -0.05) is 20.8 Å². The lowest BCUT2D eigenvalue weighted by molar-refractivity contribution is -0.141. The molecular formula is C16H26N2O3. The number of anilines is 1. The molecule has 1 aromatic rings. The molecule has 0 aromatic carbocycles. The number of methoxy groups -OCH3 is 1. The number of carbonyl (C=O) groups excluding carboxylic acids is 1. The van der Waals surface area contributed by atoms with E-state index < -0.39 is 5.60 Å². The van der Waals surface area contributed by atoms with Crippen molar-refractivity contribution in [3.8, 4) is 5.88 Å². The quantitative estimate of drug-likeness (QED) is 0.799. The smallest absolute Gasteiger partial charge is 0.256 e. The highest BCUT2D eigenvalue weighted by atomic mass is 16.5. The van der Waals surface area contributed by atoms with E-state index in [1.54, 1.807) is 25.4 Å². The summed E-state index contributed by atoms with van der Waals surface area (Å²) in [4.78, 5) is 16.6. The summed E-state index contributed by atoms with van der Waals surface area (Å²) >= 11 is 0. The van der Waals surface area contributed by atoms with Crippen LogP contribution in [0.15, 0.2) is 18.3 Å². The maximum atomic E-state index is 12.5. The monoisotopic (exact) mass is 294 g/mol. The molecule has 118 valence electrons. The summed E-state index contributed by atoms with van der Waals surface area (Å²) in [5.41, 5.74) is -0.194. The van der Waals surface area contributed by atoms with E-state index in [0.29, 0.717) is 30.5 Å². The highest BCUT2D eigenvalue weighted by Gasteiger charge is 2.34. The number of carbonyl (C=O) groups is 1. The third kappa shape index (κ3) is 5.34. The van der Waals surface area contributed by atoms with Gasteiger partial charge in [-0.25, -0.2) is 4.98 Å². The van der Waals surface area contributed by atoms with Gasteiger partial charge >= 0.3 is 0 Å².